The number of benzene rings is 2. The average Bonchev–Trinajstić information content (AvgIpc) is 2.47. The highest BCUT2D eigenvalue weighted by Crippen LogP contribution is 2.26. The van der Waals surface area contributed by atoms with Gasteiger partial charge in [-0.25, -0.2) is 4.39 Å². The van der Waals surface area contributed by atoms with Crippen LogP contribution in [0.1, 0.15) is 38.7 Å². The van der Waals surface area contributed by atoms with E-state index in [4.69, 9.17) is 5.73 Å². The fourth-order valence-corrected chi connectivity index (χ4v) is 2.69. The zero-order chi connectivity index (χ0) is 15.0. The molecule has 21 heavy (non-hydrogen) atoms. The topological polar surface area (TPSA) is 55.1 Å². The molecule has 2 aromatic rings. The Kier molecular flexibility index (Phi) is 3.47. The van der Waals surface area contributed by atoms with Gasteiger partial charge in [0.05, 0.1) is 6.04 Å². The van der Waals surface area contributed by atoms with Gasteiger partial charge in [-0.2, -0.15) is 0 Å². The zero-order valence-corrected chi connectivity index (χ0v) is 11.8. The Labute approximate surface area is 123 Å². The zero-order valence-electron chi connectivity index (χ0n) is 11.8. The van der Waals surface area contributed by atoms with Crippen LogP contribution in [0.25, 0.3) is 0 Å². The van der Waals surface area contributed by atoms with Gasteiger partial charge in [0.1, 0.15) is 5.82 Å². The lowest BCUT2D eigenvalue weighted by molar-refractivity contribution is 0.0946. The van der Waals surface area contributed by atoms with Crippen LogP contribution in [0.2, 0.25) is 0 Å². The van der Waals surface area contributed by atoms with Crippen LogP contribution in [-0.4, -0.2) is 12.5 Å². The molecule has 1 heterocycles. The number of hydrogen-bond acceptors (Lipinski definition) is 2. The lowest BCUT2D eigenvalue weighted by atomic mass is 9.92. The molecule has 3 N–H and O–H groups in total. The summed E-state index contributed by atoms with van der Waals surface area (Å²) in [6, 6.07) is 9.99. The molecule has 3 nitrogen and oxygen atoms in total. The number of fused-ring (bicyclic) bond motifs is 1. The fraction of sp³-hybridized carbons (Fsp3) is 0.235. The number of amides is 1. The van der Waals surface area contributed by atoms with Crippen molar-refractivity contribution in [3.8, 4) is 0 Å². The summed E-state index contributed by atoms with van der Waals surface area (Å²) in [5, 5.41) is 2.81. The van der Waals surface area contributed by atoms with Crippen LogP contribution >= 0.6 is 0 Å². The van der Waals surface area contributed by atoms with Crippen LogP contribution in [0.15, 0.2) is 36.4 Å². The van der Waals surface area contributed by atoms with Crippen molar-refractivity contribution in [1.82, 2.24) is 5.32 Å². The lowest BCUT2D eigenvalue weighted by Gasteiger charge is -2.20. The van der Waals surface area contributed by atoms with Gasteiger partial charge in [0.25, 0.3) is 5.91 Å². The van der Waals surface area contributed by atoms with Crippen molar-refractivity contribution in [2.24, 2.45) is 5.73 Å². The number of carbonyl (C=O) groups excluding carboxylic acids is 1. The van der Waals surface area contributed by atoms with Gasteiger partial charge in [0.2, 0.25) is 0 Å². The van der Waals surface area contributed by atoms with Crippen molar-refractivity contribution in [3.63, 3.8) is 0 Å². The maximum absolute atomic E-state index is 14.0. The van der Waals surface area contributed by atoms with E-state index in [9.17, 15) is 9.18 Å². The second-order valence-corrected chi connectivity index (χ2v) is 5.43. The summed E-state index contributed by atoms with van der Waals surface area (Å²) < 4.78 is 14.0. The van der Waals surface area contributed by atoms with Crippen molar-refractivity contribution in [1.29, 1.82) is 0 Å². The van der Waals surface area contributed by atoms with Crippen molar-refractivity contribution in [3.05, 3.63) is 70.0 Å². The van der Waals surface area contributed by atoms with Crippen molar-refractivity contribution in [2.75, 3.05) is 6.54 Å². The highest BCUT2D eigenvalue weighted by Gasteiger charge is 2.20. The molecular weight excluding hydrogens is 267 g/mol. The minimum absolute atomic E-state index is 0.0883. The van der Waals surface area contributed by atoms with Gasteiger partial charge in [-0.3, -0.25) is 4.79 Å². The van der Waals surface area contributed by atoms with E-state index < -0.39 is 6.04 Å². The quantitative estimate of drug-likeness (QED) is 0.890. The van der Waals surface area contributed by atoms with E-state index in [-0.39, 0.29) is 11.7 Å². The van der Waals surface area contributed by atoms with Gasteiger partial charge < -0.3 is 11.1 Å². The third kappa shape index (κ3) is 2.54. The van der Waals surface area contributed by atoms with Gasteiger partial charge in [-0.1, -0.05) is 24.3 Å². The predicted octanol–water partition coefficient (Wildman–Crippen LogP) is 2.47. The van der Waals surface area contributed by atoms with E-state index in [2.05, 4.69) is 5.32 Å². The molecule has 1 unspecified atom stereocenters. The molecule has 1 amide bonds. The summed E-state index contributed by atoms with van der Waals surface area (Å²) >= 11 is 0. The Hall–Kier alpha value is -2.20. The minimum Gasteiger partial charge on any atom is -0.352 e. The molecular formula is C17H17FN2O. The molecule has 2 aromatic carbocycles. The smallest absolute Gasteiger partial charge is 0.251 e. The molecule has 0 saturated heterocycles. The summed E-state index contributed by atoms with van der Waals surface area (Å²) in [5.41, 5.74) is 9.87. The standard InChI is InChI=1S/C17H17FN2O/c1-10-2-5-13(15(18)8-10)16(19)12-4-3-11-6-7-20-17(21)14(11)9-12/h2-5,8-9,16H,6-7,19H2,1H3,(H,20,21). The van der Waals surface area contributed by atoms with Crippen molar-refractivity contribution in [2.45, 2.75) is 19.4 Å². The molecule has 3 rings (SSSR count). The van der Waals surface area contributed by atoms with Crippen LogP contribution in [-0.2, 0) is 6.42 Å². The Balaban J connectivity index is 2.00. The molecule has 0 radical (unpaired) electrons. The first-order valence-electron chi connectivity index (χ1n) is 6.99. The van der Waals surface area contributed by atoms with Crippen molar-refractivity contribution < 1.29 is 9.18 Å². The first-order valence-corrected chi connectivity index (χ1v) is 6.99. The second kappa shape index (κ2) is 5.30. The van der Waals surface area contributed by atoms with Gasteiger partial charge in [0.15, 0.2) is 0 Å². The van der Waals surface area contributed by atoms with E-state index >= 15 is 0 Å². The number of hydrogen-bond donors (Lipinski definition) is 2. The molecule has 0 saturated carbocycles. The van der Waals surface area contributed by atoms with E-state index in [1.807, 2.05) is 25.1 Å². The minimum atomic E-state index is -0.578. The number of rotatable bonds is 2. The summed E-state index contributed by atoms with van der Waals surface area (Å²) in [6.45, 7) is 2.49. The van der Waals surface area contributed by atoms with Gasteiger partial charge in [-0.05, 0) is 42.2 Å². The van der Waals surface area contributed by atoms with Crippen LogP contribution in [0.4, 0.5) is 4.39 Å². The van der Waals surface area contributed by atoms with E-state index in [0.717, 1.165) is 23.1 Å². The van der Waals surface area contributed by atoms with E-state index in [0.29, 0.717) is 17.7 Å². The monoisotopic (exact) mass is 284 g/mol. The first kappa shape index (κ1) is 13.8. The summed E-state index contributed by atoms with van der Waals surface area (Å²) in [6.07, 6.45) is 0.815. The SMILES string of the molecule is Cc1ccc(C(N)c2ccc3c(c2)C(=O)NCC3)c(F)c1. The lowest BCUT2D eigenvalue weighted by Crippen LogP contribution is -2.32. The second-order valence-electron chi connectivity index (χ2n) is 5.43. The molecule has 0 aliphatic carbocycles. The number of nitrogens with two attached hydrogens (primary N) is 1. The van der Waals surface area contributed by atoms with Crippen LogP contribution < -0.4 is 11.1 Å². The molecule has 1 atom stereocenters. The van der Waals surface area contributed by atoms with E-state index in [1.54, 1.807) is 12.1 Å². The molecule has 4 heteroatoms. The molecule has 1 aliphatic rings. The summed E-state index contributed by atoms with van der Waals surface area (Å²) in [7, 11) is 0. The normalized spacial score (nSPS) is 15.3. The molecule has 0 fully saturated rings. The average molecular weight is 284 g/mol. The number of halogens is 1. The summed E-state index contributed by atoms with van der Waals surface area (Å²) in [5.74, 6) is -0.403. The molecule has 0 spiro atoms. The third-order valence-electron chi connectivity index (χ3n) is 3.91. The molecule has 1 aliphatic heterocycles. The van der Waals surface area contributed by atoms with Crippen LogP contribution in [0, 0.1) is 12.7 Å². The van der Waals surface area contributed by atoms with Gasteiger partial charge >= 0.3 is 0 Å². The maximum Gasteiger partial charge on any atom is 0.251 e. The Morgan fingerprint density at radius 2 is 2.05 bits per heavy atom. The maximum atomic E-state index is 14.0. The Bertz CT molecular complexity index is 712. The van der Waals surface area contributed by atoms with Crippen LogP contribution in [0.3, 0.4) is 0 Å². The number of nitrogens with one attached hydrogen (secondary N) is 1. The van der Waals surface area contributed by atoms with Crippen molar-refractivity contribution >= 4 is 5.91 Å². The molecule has 0 bridgehead atoms. The summed E-state index contributed by atoms with van der Waals surface area (Å²) in [4.78, 5) is 11.9. The van der Waals surface area contributed by atoms with Gasteiger partial charge in [0, 0.05) is 17.7 Å². The number of carbonyl (C=O) groups is 1. The highest BCUT2D eigenvalue weighted by atomic mass is 19.1. The third-order valence-corrected chi connectivity index (χ3v) is 3.91. The van der Waals surface area contributed by atoms with E-state index in [1.165, 1.54) is 6.07 Å². The predicted molar refractivity (Wildman–Crippen MR) is 79.6 cm³/mol. The van der Waals surface area contributed by atoms with Crippen LogP contribution in [0.5, 0.6) is 0 Å². The first-order chi connectivity index (χ1) is 10.1. The fourth-order valence-electron chi connectivity index (χ4n) is 2.69. The molecule has 0 aromatic heterocycles. The highest BCUT2D eigenvalue weighted by molar-refractivity contribution is 5.96. The largest absolute Gasteiger partial charge is 0.352 e. The van der Waals surface area contributed by atoms with Gasteiger partial charge in [-0.15, -0.1) is 0 Å². The molecule has 108 valence electrons. The number of aryl methyl sites for hydroxylation is 1. The Morgan fingerprint density at radius 3 is 2.81 bits per heavy atom. The Morgan fingerprint density at radius 1 is 1.24 bits per heavy atom.